The van der Waals surface area contributed by atoms with Crippen molar-refractivity contribution in [2.75, 3.05) is 7.11 Å². The Morgan fingerprint density at radius 3 is 2.04 bits per heavy atom. The minimum atomic E-state index is -0.398. The standard InChI is InChI=1S/C24H19FO3/c1-28-22-13-9-19(10-14-22)24(27)16-20(17-5-3-2-4-6-17)15-23(26)18-7-11-21(25)12-8-18/h2-14,16H,15H2,1H3/b20-16+. The van der Waals surface area contributed by atoms with Crippen LogP contribution in [0.5, 0.6) is 5.75 Å². The van der Waals surface area contributed by atoms with Gasteiger partial charge in [-0.25, -0.2) is 4.39 Å². The van der Waals surface area contributed by atoms with Gasteiger partial charge >= 0.3 is 0 Å². The third-order valence-electron chi connectivity index (χ3n) is 4.34. The van der Waals surface area contributed by atoms with Crippen molar-refractivity contribution in [1.82, 2.24) is 0 Å². The molecule has 0 saturated heterocycles. The molecule has 0 amide bonds. The minimum Gasteiger partial charge on any atom is -0.497 e. The van der Waals surface area contributed by atoms with Crippen LogP contribution in [0, 0.1) is 5.82 Å². The molecule has 3 aromatic rings. The molecule has 4 heteroatoms. The number of halogens is 1. The fourth-order valence-electron chi connectivity index (χ4n) is 2.80. The highest BCUT2D eigenvalue weighted by Crippen LogP contribution is 2.22. The van der Waals surface area contributed by atoms with E-state index in [0.717, 1.165) is 5.56 Å². The molecule has 0 spiro atoms. The number of rotatable bonds is 7. The minimum absolute atomic E-state index is 0.0392. The number of Topliss-reactive ketones (excluding diaryl/α,β-unsaturated/α-hetero) is 1. The van der Waals surface area contributed by atoms with E-state index in [4.69, 9.17) is 4.74 Å². The zero-order valence-electron chi connectivity index (χ0n) is 15.4. The molecule has 0 aromatic heterocycles. The average Bonchev–Trinajstić information content (AvgIpc) is 2.74. The zero-order valence-corrected chi connectivity index (χ0v) is 15.4. The summed E-state index contributed by atoms with van der Waals surface area (Å²) in [5.41, 5.74) is 2.30. The van der Waals surface area contributed by atoms with Crippen LogP contribution in [0.2, 0.25) is 0 Å². The van der Waals surface area contributed by atoms with Crippen molar-refractivity contribution in [3.05, 3.63) is 107 Å². The van der Waals surface area contributed by atoms with Gasteiger partial charge in [0.1, 0.15) is 11.6 Å². The van der Waals surface area contributed by atoms with Crippen LogP contribution in [0.15, 0.2) is 84.9 Å². The van der Waals surface area contributed by atoms with Gasteiger partial charge < -0.3 is 4.74 Å². The van der Waals surface area contributed by atoms with Crippen LogP contribution >= 0.6 is 0 Å². The van der Waals surface area contributed by atoms with E-state index in [1.807, 2.05) is 30.3 Å². The quantitative estimate of drug-likeness (QED) is 0.412. The van der Waals surface area contributed by atoms with Gasteiger partial charge in [-0.3, -0.25) is 9.59 Å². The van der Waals surface area contributed by atoms with Crippen LogP contribution in [0.4, 0.5) is 4.39 Å². The van der Waals surface area contributed by atoms with Gasteiger partial charge in [0.15, 0.2) is 11.6 Å². The Hall–Kier alpha value is -3.53. The fraction of sp³-hybridized carbons (Fsp3) is 0.0833. The second kappa shape index (κ2) is 8.91. The third-order valence-corrected chi connectivity index (χ3v) is 4.34. The Morgan fingerprint density at radius 2 is 1.43 bits per heavy atom. The SMILES string of the molecule is COc1ccc(C(=O)/C=C(\CC(=O)c2ccc(F)cc2)c2ccccc2)cc1. The normalized spacial score (nSPS) is 11.1. The summed E-state index contributed by atoms with van der Waals surface area (Å²) in [7, 11) is 1.56. The molecule has 3 aromatic carbocycles. The van der Waals surface area contributed by atoms with Gasteiger partial charge in [-0.1, -0.05) is 30.3 Å². The van der Waals surface area contributed by atoms with Gasteiger partial charge in [0, 0.05) is 17.5 Å². The topological polar surface area (TPSA) is 43.4 Å². The lowest BCUT2D eigenvalue weighted by molar-refractivity contribution is 0.0998. The highest BCUT2D eigenvalue weighted by molar-refractivity contribution is 6.11. The smallest absolute Gasteiger partial charge is 0.186 e. The molecule has 0 aliphatic carbocycles. The second-order valence-electron chi connectivity index (χ2n) is 6.24. The summed E-state index contributed by atoms with van der Waals surface area (Å²) in [4.78, 5) is 25.4. The monoisotopic (exact) mass is 374 g/mol. The highest BCUT2D eigenvalue weighted by atomic mass is 19.1. The Kier molecular flexibility index (Phi) is 6.12. The van der Waals surface area contributed by atoms with E-state index in [9.17, 15) is 14.0 Å². The van der Waals surface area contributed by atoms with Gasteiger partial charge in [0.25, 0.3) is 0 Å². The number of allylic oxidation sites excluding steroid dienone is 2. The number of carbonyl (C=O) groups excluding carboxylic acids is 2. The number of hydrogen-bond acceptors (Lipinski definition) is 3. The van der Waals surface area contributed by atoms with Crippen molar-refractivity contribution < 1.29 is 18.7 Å². The molecule has 140 valence electrons. The van der Waals surface area contributed by atoms with E-state index in [-0.39, 0.29) is 18.0 Å². The molecule has 3 nitrogen and oxygen atoms in total. The molecule has 0 unspecified atom stereocenters. The number of ketones is 2. The maximum atomic E-state index is 13.1. The molecule has 0 saturated carbocycles. The van der Waals surface area contributed by atoms with Crippen molar-refractivity contribution in [2.24, 2.45) is 0 Å². The van der Waals surface area contributed by atoms with E-state index in [1.54, 1.807) is 31.4 Å². The van der Waals surface area contributed by atoms with Crippen molar-refractivity contribution >= 4 is 17.1 Å². The predicted molar refractivity (Wildman–Crippen MR) is 107 cm³/mol. The lowest BCUT2D eigenvalue weighted by Gasteiger charge is -2.08. The number of benzene rings is 3. The van der Waals surface area contributed by atoms with E-state index < -0.39 is 5.82 Å². The lowest BCUT2D eigenvalue weighted by atomic mass is 9.95. The summed E-state index contributed by atoms with van der Waals surface area (Å²) in [6.45, 7) is 0. The third kappa shape index (κ3) is 4.80. The molecule has 0 bridgehead atoms. The Labute approximate surface area is 163 Å². The van der Waals surface area contributed by atoms with Crippen LogP contribution in [0.1, 0.15) is 32.7 Å². The molecule has 0 heterocycles. The van der Waals surface area contributed by atoms with Crippen molar-refractivity contribution in [3.8, 4) is 5.75 Å². The first-order valence-corrected chi connectivity index (χ1v) is 8.80. The first-order chi connectivity index (χ1) is 13.6. The maximum Gasteiger partial charge on any atom is 0.186 e. The van der Waals surface area contributed by atoms with Crippen molar-refractivity contribution in [1.29, 1.82) is 0 Å². The second-order valence-corrected chi connectivity index (χ2v) is 6.24. The molecule has 0 aliphatic heterocycles. The van der Waals surface area contributed by atoms with E-state index >= 15 is 0 Å². The Bertz CT molecular complexity index is 988. The van der Waals surface area contributed by atoms with E-state index in [0.29, 0.717) is 22.4 Å². The maximum absolute atomic E-state index is 13.1. The molecule has 0 N–H and O–H groups in total. The summed E-state index contributed by atoms with van der Waals surface area (Å²) in [6, 6.07) is 21.5. The predicted octanol–water partition coefficient (Wildman–Crippen LogP) is 5.37. The first kappa shape index (κ1) is 19.2. The largest absolute Gasteiger partial charge is 0.497 e. The summed E-state index contributed by atoms with van der Waals surface area (Å²) >= 11 is 0. The Balaban J connectivity index is 1.90. The first-order valence-electron chi connectivity index (χ1n) is 8.80. The van der Waals surface area contributed by atoms with Crippen LogP contribution in [0.25, 0.3) is 5.57 Å². The number of carbonyl (C=O) groups is 2. The number of ether oxygens (including phenoxy) is 1. The van der Waals surface area contributed by atoms with E-state index in [1.165, 1.54) is 30.3 Å². The molecule has 28 heavy (non-hydrogen) atoms. The van der Waals surface area contributed by atoms with Crippen molar-refractivity contribution in [3.63, 3.8) is 0 Å². The summed E-state index contributed by atoms with van der Waals surface area (Å²) in [5, 5.41) is 0. The van der Waals surface area contributed by atoms with Crippen molar-refractivity contribution in [2.45, 2.75) is 6.42 Å². The van der Waals surface area contributed by atoms with Crippen LogP contribution in [-0.4, -0.2) is 18.7 Å². The van der Waals surface area contributed by atoms with E-state index in [2.05, 4.69) is 0 Å². The van der Waals surface area contributed by atoms with Crippen LogP contribution in [-0.2, 0) is 0 Å². The van der Waals surface area contributed by atoms with Gasteiger partial charge in [-0.05, 0) is 65.7 Å². The van der Waals surface area contributed by atoms with Gasteiger partial charge in [0.05, 0.1) is 7.11 Å². The molecule has 0 aliphatic rings. The van der Waals surface area contributed by atoms with Crippen LogP contribution < -0.4 is 4.74 Å². The lowest BCUT2D eigenvalue weighted by Crippen LogP contribution is -2.03. The number of methoxy groups -OCH3 is 1. The molecular weight excluding hydrogens is 355 g/mol. The number of hydrogen-bond donors (Lipinski definition) is 0. The fourth-order valence-corrected chi connectivity index (χ4v) is 2.80. The highest BCUT2D eigenvalue weighted by Gasteiger charge is 2.13. The van der Waals surface area contributed by atoms with Crippen LogP contribution in [0.3, 0.4) is 0 Å². The molecule has 0 fully saturated rings. The molecule has 0 atom stereocenters. The van der Waals surface area contributed by atoms with Gasteiger partial charge in [-0.2, -0.15) is 0 Å². The summed E-state index contributed by atoms with van der Waals surface area (Å²) < 4.78 is 18.2. The van der Waals surface area contributed by atoms with Gasteiger partial charge in [-0.15, -0.1) is 0 Å². The molecule has 0 radical (unpaired) electrons. The molecule has 3 rings (SSSR count). The molecular formula is C24H19FO3. The average molecular weight is 374 g/mol. The Morgan fingerprint density at radius 1 is 0.821 bits per heavy atom. The van der Waals surface area contributed by atoms with Gasteiger partial charge in [0.2, 0.25) is 0 Å². The zero-order chi connectivity index (χ0) is 19.9. The summed E-state index contributed by atoms with van der Waals surface area (Å²) in [5.74, 6) is -0.119. The summed E-state index contributed by atoms with van der Waals surface area (Å²) in [6.07, 6.45) is 1.52.